The van der Waals surface area contributed by atoms with Crippen molar-refractivity contribution < 1.29 is 31.5 Å². The Morgan fingerprint density at radius 1 is 0.912 bits per heavy atom. The molecule has 7 nitrogen and oxygen atoms in total. The summed E-state index contributed by atoms with van der Waals surface area (Å²) in [5, 5.41) is 1.89. The zero-order valence-electron chi connectivity index (χ0n) is 17.8. The summed E-state index contributed by atoms with van der Waals surface area (Å²) in [6.45, 7) is -0.715. The van der Waals surface area contributed by atoms with Crippen molar-refractivity contribution in [3.05, 3.63) is 76.3 Å². The van der Waals surface area contributed by atoms with E-state index in [1.54, 1.807) is 0 Å². The molecule has 0 aliphatic rings. The predicted molar refractivity (Wildman–Crippen MR) is 126 cm³/mol. The van der Waals surface area contributed by atoms with E-state index in [9.17, 15) is 22.0 Å². The third-order valence-corrected chi connectivity index (χ3v) is 6.97. The van der Waals surface area contributed by atoms with Crippen LogP contribution in [0, 0.1) is 11.6 Å². The lowest BCUT2D eigenvalue weighted by Crippen LogP contribution is -2.38. The molecule has 3 aromatic carbocycles. The molecule has 1 amide bonds. The maximum absolute atomic E-state index is 13.7. The molecule has 0 radical (unpaired) electrons. The van der Waals surface area contributed by atoms with Crippen LogP contribution in [0.15, 0.2) is 59.5 Å². The van der Waals surface area contributed by atoms with E-state index in [4.69, 9.17) is 32.7 Å². The van der Waals surface area contributed by atoms with Crippen molar-refractivity contribution in [3.63, 3.8) is 0 Å². The number of nitrogens with one attached hydrogen (secondary N) is 1. The molecule has 0 saturated heterocycles. The van der Waals surface area contributed by atoms with Crippen molar-refractivity contribution in [3.8, 4) is 11.5 Å². The van der Waals surface area contributed by atoms with E-state index >= 15 is 0 Å². The number of nitrogens with zero attached hydrogens (tertiary/aromatic N) is 1. The molecule has 0 aliphatic carbocycles. The second-order valence-electron chi connectivity index (χ2n) is 6.80. The van der Waals surface area contributed by atoms with Gasteiger partial charge < -0.3 is 14.8 Å². The van der Waals surface area contributed by atoms with Gasteiger partial charge in [0.25, 0.3) is 10.0 Å². The summed E-state index contributed by atoms with van der Waals surface area (Å²) in [5.74, 6) is -1.78. The summed E-state index contributed by atoms with van der Waals surface area (Å²) in [6.07, 6.45) is 0. The van der Waals surface area contributed by atoms with Crippen LogP contribution in [0.5, 0.6) is 11.5 Å². The number of carbonyl (C=O) groups excluding carboxylic acids is 1. The van der Waals surface area contributed by atoms with Crippen molar-refractivity contribution in [1.29, 1.82) is 0 Å². The molecule has 0 aromatic heterocycles. The van der Waals surface area contributed by atoms with Crippen LogP contribution in [0.1, 0.15) is 0 Å². The van der Waals surface area contributed by atoms with Crippen molar-refractivity contribution in [2.75, 3.05) is 30.4 Å². The number of methoxy groups -OCH3 is 2. The van der Waals surface area contributed by atoms with Gasteiger partial charge in [-0.1, -0.05) is 23.2 Å². The molecule has 3 aromatic rings. The van der Waals surface area contributed by atoms with E-state index < -0.39 is 34.1 Å². The normalized spacial score (nSPS) is 11.1. The minimum atomic E-state index is -4.37. The zero-order valence-corrected chi connectivity index (χ0v) is 20.1. The summed E-state index contributed by atoms with van der Waals surface area (Å²) in [4.78, 5) is 12.5. The molecule has 0 saturated carbocycles. The lowest BCUT2D eigenvalue weighted by molar-refractivity contribution is -0.114. The first kappa shape index (κ1) is 25.5. The molecule has 0 unspecified atom stereocenters. The van der Waals surface area contributed by atoms with Crippen LogP contribution < -0.4 is 19.1 Å². The zero-order chi connectivity index (χ0) is 25.0. The maximum atomic E-state index is 13.7. The maximum Gasteiger partial charge on any atom is 0.264 e. The van der Waals surface area contributed by atoms with Gasteiger partial charge >= 0.3 is 0 Å². The van der Waals surface area contributed by atoms with E-state index in [2.05, 4.69) is 5.32 Å². The van der Waals surface area contributed by atoms with Crippen LogP contribution in [0.3, 0.4) is 0 Å². The minimum absolute atomic E-state index is 0.0616. The lowest BCUT2D eigenvalue weighted by atomic mass is 10.3. The number of rotatable bonds is 8. The quantitative estimate of drug-likeness (QED) is 0.436. The topological polar surface area (TPSA) is 84.9 Å². The summed E-state index contributed by atoms with van der Waals surface area (Å²) in [7, 11) is -1.64. The highest BCUT2D eigenvalue weighted by Gasteiger charge is 2.29. The number of hydrogen-bond acceptors (Lipinski definition) is 5. The standard InChI is InChI=1S/C22H18Cl2F2N2O5S/c1-32-20-8-5-15(11-21(20)33-2)34(30,31)28(14-4-7-19(26)17(24)10-14)12-22(29)27-13-3-6-18(25)16(23)9-13/h3-11H,12H2,1-2H3,(H,27,29). The highest BCUT2D eigenvalue weighted by molar-refractivity contribution is 7.92. The summed E-state index contributed by atoms with van der Waals surface area (Å²) < 4.78 is 65.2. The Morgan fingerprint density at radius 3 is 2.12 bits per heavy atom. The first-order chi connectivity index (χ1) is 16.1. The summed E-state index contributed by atoms with van der Waals surface area (Å²) >= 11 is 11.6. The molecule has 0 aliphatic heterocycles. The first-order valence-electron chi connectivity index (χ1n) is 9.51. The SMILES string of the molecule is COc1ccc(S(=O)(=O)N(CC(=O)Nc2ccc(F)c(Cl)c2)c2ccc(F)c(Cl)c2)cc1OC. The minimum Gasteiger partial charge on any atom is -0.493 e. The number of amides is 1. The number of carbonyl (C=O) groups is 1. The van der Waals surface area contributed by atoms with E-state index in [0.29, 0.717) is 5.75 Å². The monoisotopic (exact) mass is 530 g/mol. The van der Waals surface area contributed by atoms with Crippen molar-refractivity contribution in [2.24, 2.45) is 0 Å². The number of benzene rings is 3. The molecule has 0 atom stereocenters. The molecule has 0 heterocycles. The molecular formula is C22H18Cl2F2N2O5S. The number of sulfonamides is 1. The smallest absolute Gasteiger partial charge is 0.264 e. The van der Waals surface area contributed by atoms with Gasteiger partial charge in [-0.15, -0.1) is 0 Å². The first-order valence-corrected chi connectivity index (χ1v) is 11.7. The Morgan fingerprint density at radius 2 is 1.53 bits per heavy atom. The average molecular weight is 531 g/mol. The molecule has 12 heteroatoms. The van der Waals surface area contributed by atoms with E-state index in [1.807, 2.05) is 0 Å². The van der Waals surface area contributed by atoms with Gasteiger partial charge in [-0.3, -0.25) is 9.10 Å². The highest BCUT2D eigenvalue weighted by atomic mass is 35.5. The molecule has 0 spiro atoms. The van der Waals surface area contributed by atoms with Crippen LogP contribution in [0.4, 0.5) is 20.2 Å². The fraction of sp³-hybridized carbons (Fsp3) is 0.136. The van der Waals surface area contributed by atoms with Gasteiger partial charge in [-0.2, -0.15) is 0 Å². The van der Waals surface area contributed by atoms with Crippen molar-refractivity contribution in [2.45, 2.75) is 4.90 Å². The summed E-state index contributed by atoms with van der Waals surface area (Å²) in [6, 6.07) is 10.6. The predicted octanol–water partition coefficient (Wildman–Crippen LogP) is 5.12. The van der Waals surface area contributed by atoms with Crippen LogP contribution in [0.2, 0.25) is 10.0 Å². The number of anilines is 2. The van der Waals surface area contributed by atoms with Crippen LogP contribution in [-0.4, -0.2) is 35.1 Å². The largest absolute Gasteiger partial charge is 0.493 e. The molecule has 0 fully saturated rings. The fourth-order valence-electron chi connectivity index (χ4n) is 2.96. The number of hydrogen-bond donors (Lipinski definition) is 1. The molecular weight excluding hydrogens is 513 g/mol. The van der Waals surface area contributed by atoms with Crippen molar-refractivity contribution >= 4 is 50.5 Å². The second kappa shape index (κ2) is 10.5. The van der Waals surface area contributed by atoms with Gasteiger partial charge in [-0.25, -0.2) is 17.2 Å². The molecule has 34 heavy (non-hydrogen) atoms. The number of ether oxygens (including phenoxy) is 2. The van der Waals surface area contributed by atoms with Crippen LogP contribution in [-0.2, 0) is 14.8 Å². The van der Waals surface area contributed by atoms with Gasteiger partial charge in [0.1, 0.15) is 18.2 Å². The summed E-state index contributed by atoms with van der Waals surface area (Å²) in [5.41, 5.74) is 0.0884. The average Bonchev–Trinajstić information content (AvgIpc) is 2.81. The molecule has 0 bridgehead atoms. The number of halogens is 4. The Bertz CT molecular complexity index is 1340. The highest BCUT2D eigenvalue weighted by Crippen LogP contribution is 2.33. The van der Waals surface area contributed by atoms with Gasteiger partial charge in [0, 0.05) is 11.8 Å². The van der Waals surface area contributed by atoms with E-state index in [1.165, 1.54) is 50.6 Å². The Kier molecular flexibility index (Phi) is 7.86. The molecule has 180 valence electrons. The Balaban J connectivity index is 2.02. The second-order valence-corrected chi connectivity index (χ2v) is 9.48. The van der Waals surface area contributed by atoms with Crippen LogP contribution >= 0.6 is 23.2 Å². The Hall–Kier alpha value is -3.08. The fourth-order valence-corrected chi connectivity index (χ4v) is 4.75. The van der Waals surface area contributed by atoms with Gasteiger partial charge in [-0.05, 0) is 48.5 Å². The Labute approximate surface area is 204 Å². The lowest BCUT2D eigenvalue weighted by Gasteiger charge is -2.25. The third kappa shape index (κ3) is 5.52. The van der Waals surface area contributed by atoms with Gasteiger partial charge in [0.2, 0.25) is 5.91 Å². The van der Waals surface area contributed by atoms with Gasteiger partial charge in [0.05, 0.1) is 34.8 Å². The van der Waals surface area contributed by atoms with Gasteiger partial charge in [0.15, 0.2) is 11.5 Å². The van der Waals surface area contributed by atoms with Crippen LogP contribution in [0.25, 0.3) is 0 Å². The van der Waals surface area contributed by atoms with E-state index in [0.717, 1.165) is 22.5 Å². The van der Waals surface area contributed by atoms with E-state index in [-0.39, 0.29) is 32.1 Å². The molecule has 1 N–H and O–H groups in total. The third-order valence-electron chi connectivity index (χ3n) is 4.62. The molecule has 3 rings (SSSR count). The van der Waals surface area contributed by atoms with Crippen molar-refractivity contribution in [1.82, 2.24) is 0 Å².